The van der Waals surface area contributed by atoms with Gasteiger partial charge in [-0.05, 0) is 29.9 Å². The maximum absolute atomic E-state index is 13.3. The number of hydrogen-bond donors (Lipinski definition) is 9. The van der Waals surface area contributed by atoms with Crippen LogP contribution in [0.25, 0.3) is 0 Å². The predicted octanol–water partition coefficient (Wildman–Crippen LogP) is 1.05. The standard InChI is InChI=1S/C34H45F3N4O11/c1-19(2)15-24(39-30(48)22(13-14-34(35,36)37)41-33(51)52-18-20-9-5-3-6-10-20)31(49)40-25(17-42)27(45)28(46)29(47)32(50)38-23(16-26(43)44)21-11-7-4-8-12-21/h3-12,19,22-25,27-29,42,45-47H,13-18H2,1-2H3,(H,38,50)(H,39,48)(H,40,49)(H,41,51)(H,43,44)/t22-,23-,24-,25-,27+,28+,29-/m0/s1. The zero-order valence-corrected chi connectivity index (χ0v) is 28.5. The summed E-state index contributed by atoms with van der Waals surface area (Å²) in [6, 6.07) is 9.94. The summed E-state index contributed by atoms with van der Waals surface area (Å²) in [5.74, 6) is -5.14. The Morgan fingerprint density at radius 2 is 1.35 bits per heavy atom. The van der Waals surface area contributed by atoms with Crippen molar-refractivity contribution in [2.24, 2.45) is 5.92 Å². The molecule has 0 heterocycles. The highest BCUT2D eigenvalue weighted by molar-refractivity contribution is 5.91. The highest BCUT2D eigenvalue weighted by Crippen LogP contribution is 2.23. The van der Waals surface area contributed by atoms with Gasteiger partial charge in [0.2, 0.25) is 11.8 Å². The molecule has 0 saturated carbocycles. The van der Waals surface area contributed by atoms with Gasteiger partial charge in [-0.2, -0.15) is 13.2 Å². The number of alkyl halides is 3. The van der Waals surface area contributed by atoms with Gasteiger partial charge < -0.3 is 51.5 Å². The van der Waals surface area contributed by atoms with Crippen molar-refractivity contribution in [3.8, 4) is 0 Å². The molecule has 0 aromatic heterocycles. The number of carbonyl (C=O) groups excluding carboxylic acids is 4. The second-order valence-corrected chi connectivity index (χ2v) is 12.4. The molecule has 0 aliphatic rings. The lowest BCUT2D eigenvalue weighted by molar-refractivity contribution is -0.145. The molecule has 0 radical (unpaired) electrons. The number of amides is 4. The molecule has 7 atom stereocenters. The Hall–Kier alpha value is -4.78. The molecule has 0 fully saturated rings. The van der Waals surface area contributed by atoms with E-state index in [1.165, 1.54) is 12.1 Å². The van der Waals surface area contributed by atoms with E-state index in [9.17, 15) is 62.7 Å². The largest absolute Gasteiger partial charge is 0.481 e. The molecule has 9 N–H and O–H groups in total. The van der Waals surface area contributed by atoms with Crippen molar-refractivity contribution in [3.63, 3.8) is 0 Å². The Morgan fingerprint density at radius 1 is 0.769 bits per heavy atom. The van der Waals surface area contributed by atoms with E-state index in [2.05, 4.69) is 21.3 Å². The first-order chi connectivity index (χ1) is 24.4. The van der Waals surface area contributed by atoms with Gasteiger partial charge in [0, 0.05) is 6.42 Å². The van der Waals surface area contributed by atoms with Crippen LogP contribution in [0, 0.1) is 5.92 Å². The van der Waals surface area contributed by atoms with Crippen LogP contribution in [0.3, 0.4) is 0 Å². The molecule has 4 amide bonds. The van der Waals surface area contributed by atoms with Crippen LogP contribution in [0.4, 0.5) is 18.0 Å². The van der Waals surface area contributed by atoms with Crippen LogP contribution in [-0.2, 0) is 30.5 Å². The van der Waals surface area contributed by atoms with Crippen molar-refractivity contribution >= 4 is 29.8 Å². The lowest BCUT2D eigenvalue weighted by Crippen LogP contribution is -2.60. The fraction of sp³-hybridized carbons (Fsp3) is 0.500. The molecule has 0 saturated heterocycles. The number of aliphatic hydroxyl groups is 4. The number of alkyl carbamates (subject to hydrolysis) is 1. The molecule has 15 nitrogen and oxygen atoms in total. The van der Waals surface area contributed by atoms with Crippen molar-refractivity contribution in [1.29, 1.82) is 0 Å². The second kappa shape index (κ2) is 20.9. The number of aliphatic hydroxyl groups excluding tert-OH is 4. The van der Waals surface area contributed by atoms with E-state index in [0.29, 0.717) is 11.1 Å². The summed E-state index contributed by atoms with van der Waals surface area (Å²) >= 11 is 0. The van der Waals surface area contributed by atoms with E-state index in [1.54, 1.807) is 62.4 Å². The van der Waals surface area contributed by atoms with Gasteiger partial charge in [-0.15, -0.1) is 0 Å². The van der Waals surface area contributed by atoms with Crippen LogP contribution in [0.2, 0.25) is 0 Å². The van der Waals surface area contributed by atoms with Gasteiger partial charge in [-0.3, -0.25) is 19.2 Å². The van der Waals surface area contributed by atoms with Gasteiger partial charge in [0.25, 0.3) is 5.91 Å². The number of carboxylic acids is 1. The van der Waals surface area contributed by atoms with Crippen molar-refractivity contribution in [2.45, 2.75) is 94.8 Å². The predicted molar refractivity (Wildman–Crippen MR) is 177 cm³/mol. The first-order valence-corrected chi connectivity index (χ1v) is 16.3. The first-order valence-electron chi connectivity index (χ1n) is 16.3. The van der Waals surface area contributed by atoms with Crippen molar-refractivity contribution in [1.82, 2.24) is 21.3 Å². The van der Waals surface area contributed by atoms with Crippen LogP contribution in [0.15, 0.2) is 60.7 Å². The molecule has 2 aromatic carbocycles. The van der Waals surface area contributed by atoms with Gasteiger partial charge in [0.1, 0.15) is 30.9 Å². The van der Waals surface area contributed by atoms with Gasteiger partial charge in [0.15, 0.2) is 6.10 Å². The number of carboxylic acid groups (broad SMARTS) is 1. The fourth-order valence-corrected chi connectivity index (χ4v) is 4.93. The van der Waals surface area contributed by atoms with Crippen LogP contribution in [0.5, 0.6) is 0 Å². The number of hydrogen-bond acceptors (Lipinski definition) is 10. The topological polar surface area (TPSA) is 244 Å². The summed E-state index contributed by atoms with van der Waals surface area (Å²) in [7, 11) is 0. The fourth-order valence-electron chi connectivity index (χ4n) is 4.93. The molecule has 0 unspecified atom stereocenters. The summed E-state index contributed by atoms with van der Waals surface area (Å²) in [6.07, 6.45) is -15.9. The maximum atomic E-state index is 13.3. The third-order valence-electron chi connectivity index (χ3n) is 7.65. The molecular weight excluding hydrogens is 697 g/mol. The third-order valence-corrected chi connectivity index (χ3v) is 7.65. The molecule has 0 aliphatic heterocycles. The minimum absolute atomic E-state index is 0.117. The molecule has 2 aromatic rings. The Balaban J connectivity index is 2.15. The van der Waals surface area contributed by atoms with E-state index in [-0.39, 0.29) is 18.9 Å². The highest BCUT2D eigenvalue weighted by Gasteiger charge is 2.38. The monoisotopic (exact) mass is 742 g/mol. The summed E-state index contributed by atoms with van der Waals surface area (Å²) < 4.78 is 44.3. The SMILES string of the molecule is CC(C)C[C@H](NC(=O)[C@H](CCC(F)(F)F)NC(=O)OCc1ccccc1)C(=O)N[C@@H](CO)[C@@H](O)[C@@H](O)[C@H](O)C(=O)N[C@@H](CC(=O)O)c1ccccc1. The number of carbonyl (C=O) groups is 5. The highest BCUT2D eigenvalue weighted by atomic mass is 19.4. The van der Waals surface area contributed by atoms with E-state index >= 15 is 0 Å². The summed E-state index contributed by atoms with van der Waals surface area (Å²) in [6.45, 7) is 1.99. The Morgan fingerprint density at radius 3 is 1.88 bits per heavy atom. The first kappa shape index (κ1) is 43.4. The van der Waals surface area contributed by atoms with Crippen molar-refractivity contribution in [2.75, 3.05) is 6.61 Å². The van der Waals surface area contributed by atoms with Crippen LogP contribution in [0.1, 0.15) is 56.7 Å². The number of halogens is 3. The molecule has 0 aliphatic carbocycles. The van der Waals surface area contributed by atoms with Crippen LogP contribution >= 0.6 is 0 Å². The van der Waals surface area contributed by atoms with E-state index in [4.69, 9.17) is 4.74 Å². The van der Waals surface area contributed by atoms with Crippen molar-refractivity contribution < 1.29 is 67.4 Å². The molecule has 0 bridgehead atoms. The normalized spacial score (nSPS) is 15.6. The molecule has 52 heavy (non-hydrogen) atoms. The zero-order chi connectivity index (χ0) is 39.0. The summed E-state index contributed by atoms with van der Waals surface area (Å²) in [5.41, 5.74) is 0.926. The van der Waals surface area contributed by atoms with Crippen LogP contribution < -0.4 is 21.3 Å². The minimum atomic E-state index is -4.70. The van der Waals surface area contributed by atoms with Crippen molar-refractivity contribution in [3.05, 3.63) is 71.8 Å². The molecular formula is C34H45F3N4O11. The number of benzene rings is 2. The second-order valence-electron chi connectivity index (χ2n) is 12.4. The summed E-state index contributed by atoms with van der Waals surface area (Å²) in [4.78, 5) is 63.1. The summed E-state index contributed by atoms with van der Waals surface area (Å²) in [5, 5.41) is 59.9. The Kier molecular flexibility index (Phi) is 17.5. The lowest BCUT2D eigenvalue weighted by Gasteiger charge is -2.31. The van der Waals surface area contributed by atoms with Crippen LogP contribution in [-0.4, -0.2) is 105 Å². The van der Waals surface area contributed by atoms with Gasteiger partial charge in [0.05, 0.1) is 25.1 Å². The molecule has 288 valence electrons. The number of rotatable bonds is 20. The lowest BCUT2D eigenvalue weighted by atomic mass is 9.98. The molecule has 2 rings (SSSR count). The quantitative estimate of drug-likeness (QED) is 0.0929. The Bertz CT molecular complexity index is 1450. The molecule has 0 spiro atoms. The maximum Gasteiger partial charge on any atom is 0.408 e. The zero-order valence-electron chi connectivity index (χ0n) is 28.5. The number of nitrogens with one attached hydrogen (secondary N) is 4. The van der Waals surface area contributed by atoms with E-state index < -0.39 is 104 Å². The average molecular weight is 743 g/mol. The minimum Gasteiger partial charge on any atom is -0.481 e. The average Bonchev–Trinajstić information content (AvgIpc) is 3.09. The Labute approximate surface area is 297 Å². The van der Waals surface area contributed by atoms with Gasteiger partial charge in [-0.25, -0.2) is 4.79 Å². The smallest absolute Gasteiger partial charge is 0.408 e. The van der Waals surface area contributed by atoms with E-state index in [0.717, 1.165) is 0 Å². The number of aliphatic carboxylic acids is 1. The molecule has 18 heteroatoms. The third kappa shape index (κ3) is 15.2. The van der Waals surface area contributed by atoms with Gasteiger partial charge >= 0.3 is 18.2 Å². The van der Waals surface area contributed by atoms with Gasteiger partial charge in [-0.1, -0.05) is 74.5 Å². The van der Waals surface area contributed by atoms with E-state index in [1.807, 2.05) is 0 Å². The number of ether oxygens (including phenoxy) is 1.